The van der Waals surface area contributed by atoms with E-state index in [2.05, 4.69) is 9.80 Å². The number of rotatable bonds is 4. The number of aromatic carboxylic acids is 1. The first-order valence-electron chi connectivity index (χ1n) is 9.39. The van der Waals surface area contributed by atoms with E-state index in [1.165, 1.54) is 25.7 Å². The van der Waals surface area contributed by atoms with Crippen molar-refractivity contribution in [2.45, 2.75) is 51.1 Å². The minimum atomic E-state index is -0.879. The number of benzene rings is 1. The fourth-order valence-corrected chi connectivity index (χ4v) is 4.55. The zero-order valence-corrected chi connectivity index (χ0v) is 14.6. The van der Waals surface area contributed by atoms with E-state index in [4.69, 9.17) is 5.11 Å². The number of hydrogen-bond donors (Lipinski definition) is 1. The first kappa shape index (κ1) is 16.6. The molecule has 1 N–H and O–H groups in total. The SMILES string of the molecule is O=C(O)c1ccc(CN2CCC[C@@]3(CCC(=O)N(C4CC4)C3)C2)cc1. The predicted octanol–water partition coefficient (Wildman–Crippen LogP) is 2.75. The number of hydrogen-bond acceptors (Lipinski definition) is 3. The van der Waals surface area contributed by atoms with E-state index in [1.54, 1.807) is 12.1 Å². The van der Waals surface area contributed by atoms with Crippen LogP contribution in [0.1, 0.15) is 54.4 Å². The van der Waals surface area contributed by atoms with Gasteiger partial charge in [0.05, 0.1) is 5.56 Å². The van der Waals surface area contributed by atoms with Crippen LogP contribution in [-0.4, -0.2) is 52.5 Å². The summed E-state index contributed by atoms with van der Waals surface area (Å²) < 4.78 is 0. The third-order valence-corrected chi connectivity index (χ3v) is 6.03. The highest BCUT2D eigenvalue weighted by molar-refractivity contribution is 5.87. The molecule has 3 fully saturated rings. The van der Waals surface area contributed by atoms with Gasteiger partial charge in [-0.25, -0.2) is 4.79 Å². The zero-order chi connectivity index (χ0) is 17.4. The van der Waals surface area contributed by atoms with E-state index in [-0.39, 0.29) is 5.41 Å². The lowest BCUT2D eigenvalue weighted by atomic mass is 9.73. The maximum absolute atomic E-state index is 12.2. The molecule has 0 bridgehead atoms. The minimum Gasteiger partial charge on any atom is -0.478 e. The molecule has 2 aliphatic heterocycles. The second-order valence-electron chi connectivity index (χ2n) is 8.07. The van der Waals surface area contributed by atoms with Crippen LogP contribution in [0.3, 0.4) is 0 Å². The summed E-state index contributed by atoms with van der Waals surface area (Å²) in [7, 11) is 0. The predicted molar refractivity (Wildman–Crippen MR) is 94.3 cm³/mol. The van der Waals surface area contributed by atoms with Gasteiger partial charge in [0.2, 0.25) is 5.91 Å². The fraction of sp³-hybridized carbons (Fsp3) is 0.600. The molecule has 3 aliphatic rings. The summed E-state index contributed by atoms with van der Waals surface area (Å²) in [6.07, 6.45) is 6.49. The molecule has 0 radical (unpaired) electrons. The number of carboxylic acids is 1. The molecule has 4 rings (SSSR count). The van der Waals surface area contributed by atoms with Gasteiger partial charge >= 0.3 is 5.97 Å². The lowest BCUT2D eigenvalue weighted by molar-refractivity contribution is -0.140. The van der Waals surface area contributed by atoms with E-state index in [0.717, 1.165) is 38.2 Å². The van der Waals surface area contributed by atoms with Crippen LogP contribution in [0.25, 0.3) is 0 Å². The minimum absolute atomic E-state index is 0.260. The van der Waals surface area contributed by atoms with E-state index >= 15 is 0 Å². The Morgan fingerprint density at radius 3 is 2.60 bits per heavy atom. The number of nitrogens with zero attached hydrogens (tertiary/aromatic N) is 2. The van der Waals surface area contributed by atoms with E-state index in [9.17, 15) is 9.59 Å². The second-order valence-corrected chi connectivity index (χ2v) is 8.07. The molecule has 2 heterocycles. The van der Waals surface area contributed by atoms with E-state index in [1.807, 2.05) is 12.1 Å². The normalized spacial score (nSPS) is 27.7. The van der Waals surface area contributed by atoms with Crippen LogP contribution >= 0.6 is 0 Å². The lowest BCUT2D eigenvalue weighted by Crippen LogP contribution is -2.54. The molecule has 134 valence electrons. The third kappa shape index (κ3) is 3.56. The first-order valence-corrected chi connectivity index (χ1v) is 9.39. The summed E-state index contributed by atoms with van der Waals surface area (Å²) in [6.45, 7) is 3.92. The van der Waals surface area contributed by atoms with Crippen LogP contribution in [0.15, 0.2) is 24.3 Å². The van der Waals surface area contributed by atoms with Crippen molar-refractivity contribution in [3.05, 3.63) is 35.4 Å². The summed E-state index contributed by atoms with van der Waals surface area (Å²) in [4.78, 5) is 27.9. The Labute approximate surface area is 148 Å². The number of carbonyl (C=O) groups is 2. The quantitative estimate of drug-likeness (QED) is 0.914. The number of carboxylic acid groups (broad SMARTS) is 1. The molecule has 5 heteroatoms. The number of carbonyl (C=O) groups excluding carboxylic acids is 1. The zero-order valence-electron chi connectivity index (χ0n) is 14.6. The maximum Gasteiger partial charge on any atom is 0.335 e. The van der Waals surface area contributed by atoms with Crippen LogP contribution in [-0.2, 0) is 11.3 Å². The molecular weight excluding hydrogens is 316 g/mol. The van der Waals surface area contributed by atoms with Crippen molar-refractivity contribution in [2.75, 3.05) is 19.6 Å². The van der Waals surface area contributed by atoms with Crippen molar-refractivity contribution in [1.29, 1.82) is 0 Å². The lowest BCUT2D eigenvalue weighted by Gasteiger charge is -2.48. The highest BCUT2D eigenvalue weighted by Gasteiger charge is 2.45. The first-order chi connectivity index (χ1) is 12.0. The van der Waals surface area contributed by atoms with Crippen molar-refractivity contribution < 1.29 is 14.7 Å². The van der Waals surface area contributed by atoms with Gasteiger partial charge in [0.1, 0.15) is 0 Å². The van der Waals surface area contributed by atoms with Gasteiger partial charge in [-0.1, -0.05) is 12.1 Å². The van der Waals surface area contributed by atoms with Crippen LogP contribution in [0.5, 0.6) is 0 Å². The molecule has 25 heavy (non-hydrogen) atoms. The fourth-order valence-electron chi connectivity index (χ4n) is 4.55. The van der Waals surface area contributed by atoms with Crippen molar-refractivity contribution in [2.24, 2.45) is 5.41 Å². The molecule has 1 spiro atoms. The molecule has 1 aromatic rings. The van der Waals surface area contributed by atoms with Crippen molar-refractivity contribution in [3.63, 3.8) is 0 Å². The van der Waals surface area contributed by atoms with Crippen LogP contribution in [0, 0.1) is 5.41 Å². The molecule has 2 saturated heterocycles. The third-order valence-electron chi connectivity index (χ3n) is 6.03. The second kappa shape index (κ2) is 6.45. The highest BCUT2D eigenvalue weighted by atomic mass is 16.4. The standard InChI is InChI=1S/C20H26N2O3/c23-18-8-10-20(14-22(18)17-6-7-17)9-1-11-21(13-20)12-15-2-4-16(5-3-15)19(24)25/h2-5,17H,1,6-14H2,(H,24,25)/t20-/m1/s1. The molecule has 1 saturated carbocycles. The van der Waals surface area contributed by atoms with Crippen LogP contribution in [0.4, 0.5) is 0 Å². The molecule has 1 atom stereocenters. The van der Waals surface area contributed by atoms with Gasteiger partial charge in [-0.15, -0.1) is 0 Å². The van der Waals surface area contributed by atoms with E-state index < -0.39 is 5.97 Å². The van der Waals surface area contributed by atoms with Gasteiger partial charge in [-0.2, -0.15) is 0 Å². The average molecular weight is 342 g/mol. The summed E-state index contributed by atoms with van der Waals surface area (Å²) >= 11 is 0. The Morgan fingerprint density at radius 1 is 1.16 bits per heavy atom. The topological polar surface area (TPSA) is 60.9 Å². The maximum atomic E-state index is 12.2. The number of likely N-dealkylation sites (tertiary alicyclic amines) is 2. The van der Waals surface area contributed by atoms with Gasteiger partial charge in [0, 0.05) is 37.5 Å². The van der Waals surface area contributed by atoms with E-state index in [0.29, 0.717) is 23.9 Å². The average Bonchev–Trinajstić information content (AvgIpc) is 3.43. The Balaban J connectivity index is 1.42. The molecule has 5 nitrogen and oxygen atoms in total. The summed E-state index contributed by atoms with van der Waals surface area (Å²) in [5.41, 5.74) is 1.76. The van der Waals surface area contributed by atoms with Crippen molar-refractivity contribution >= 4 is 11.9 Å². The molecule has 1 amide bonds. The van der Waals surface area contributed by atoms with Gasteiger partial charge in [0.15, 0.2) is 0 Å². The molecule has 0 aromatic heterocycles. The van der Waals surface area contributed by atoms with Crippen molar-refractivity contribution in [1.82, 2.24) is 9.80 Å². The molecular formula is C20H26N2O3. The van der Waals surface area contributed by atoms with Gasteiger partial charge in [-0.3, -0.25) is 9.69 Å². The smallest absolute Gasteiger partial charge is 0.335 e. The Hall–Kier alpha value is -1.88. The van der Waals surface area contributed by atoms with Crippen molar-refractivity contribution in [3.8, 4) is 0 Å². The van der Waals surface area contributed by atoms with Gasteiger partial charge in [0.25, 0.3) is 0 Å². The molecule has 0 unspecified atom stereocenters. The van der Waals surface area contributed by atoms with Crippen LogP contribution in [0.2, 0.25) is 0 Å². The van der Waals surface area contributed by atoms with Gasteiger partial charge in [-0.05, 0) is 56.3 Å². The largest absolute Gasteiger partial charge is 0.478 e. The highest BCUT2D eigenvalue weighted by Crippen LogP contribution is 2.42. The Morgan fingerprint density at radius 2 is 1.92 bits per heavy atom. The summed E-state index contributed by atoms with van der Waals surface area (Å²) in [5, 5.41) is 9.02. The van der Waals surface area contributed by atoms with Gasteiger partial charge < -0.3 is 10.0 Å². The number of amides is 1. The molecule has 1 aromatic carbocycles. The molecule has 1 aliphatic carbocycles. The summed E-state index contributed by atoms with van der Waals surface area (Å²) in [5.74, 6) is -0.523. The Kier molecular flexibility index (Phi) is 4.28. The Bertz CT molecular complexity index is 668. The monoisotopic (exact) mass is 342 g/mol. The number of piperidine rings is 2. The van der Waals surface area contributed by atoms with Crippen LogP contribution < -0.4 is 0 Å². The summed E-state index contributed by atoms with van der Waals surface area (Å²) in [6, 6.07) is 7.73.